The van der Waals surface area contributed by atoms with Crippen molar-refractivity contribution >= 4 is 5.57 Å². The molecule has 1 aliphatic heterocycles. The van der Waals surface area contributed by atoms with Crippen LogP contribution in [0.25, 0.3) is 5.57 Å². The molecule has 1 N–H and O–H groups in total. The Morgan fingerprint density at radius 3 is 2.79 bits per heavy atom. The SMILES string of the molecule is C/C(=C\CCN1CCNCC1)c1ccc(F)c(C)c1. The molecule has 19 heavy (non-hydrogen) atoms. The van der Waals surface area contributed by atoms with Gasteiger partial charge in [-0.1, -0.05) is 12.1 Å². The van der Waals surface area contributed by atoms with Gasteiger partial charge in [0, 0.05) is 32.7 Å². The molecule has 0 radical (unpaired) electrons. The Balaban J connectivity index is 1.89. The van der Waals surface area contributed by atoms with Crippen LogP contribution in [-0.4, -0.2) is 37.6 Å². The van der Waals surface area contributed by atoms with Crippen LogP contribution in [0, 0.1) is 12.7 Å². The van der Waals surface area contributed by atoms with E-state index in [-0.39, 0.29) is 5.82 Å². The van der Waals surface area contributed by atoms with Crippen LogP contribution in [0.1, 0.15) is 24.5 Å². The topological polar surface area (TPSA) is 15.3 Å². The van der Waals surface area contributed by atoms with E-state index in [0.717, 1.165) is 44.7 Å². The second-order valence-corrected chi connectivity index (χ2v) is 5.23. The van der Waals surface area contributed by atoms with Gasteiger partial charge in [-0.05, 0) is 49.1 Å². The highest BCUT2D eigenvalue weighted by molar-refractivity contribution is 5.64. The summed E-state index contributed by atoms with van der Waals surface area (Å²) in [5.74, 6) is -0.127. The van der Waals surface area contributed by atoms with Crippen LogP contribution in [0.4, 0.5) is 4.39 Å². The highest BCUT2D eigenvalue weighted by atomic mass is 19.1. The number of hydrogen-bond acceptors (Lipinski definition) is 2. The lowest BCUT2D eigenvalue weighted by Gasteiger charge is -2.26. The first-order chi connectivity index (χ1) is 9.16. The molecule has 2 nitrogen and oxygen atoms in total. The van der Waals surface area contributed by atoms with E-state index in [1.807, 2.05) is 19.1 Å². The second kappa shape index (κ2) is 6.83. The average Bonchev–Trinajstić information content (AvgIpc) is 2.43. The Morgan fingerprint density at radius 2 is 2.11 bits per heavy atom. The summed E-state index contributed by atoms with van der Waals surface area (Å²) in [6.45, 7) is 9.50. The molecule has 2 rings (SSSR count). The minimum atomic E-state index is -0.127. The molecule has 1 aromatic rings. The largest absolute Gasteiger partial charge is 0.314 e. The van der Waals surface area contributed by atoms with E-state index < -0.39 is 0 Å². The summed E-state index contributed by atoms with van der Waals surface area (Å²) < 4.78 is 13.2. The van der Waals surface area contributed by atoms with Gasteiger partial charge in [0.1, 0.15) is 5.82 Å². The van der Waals surface area contributed by atoms with E-state index in [2.05, 4.69) is 23.2 Å². The molecule has 0 bridgehead atoms. The Kier molecular flexibility index (Phi) is 5.11. The van der Waals surface area contributed by atoms with Crippen LogP contribution in [0.15, 0.2) is 24.3 Å². The third-order valence-electron chi connectivity index (χ3n) is 3.72. The normalized spacial score (nSPS) is 17.7. The lowest BCUT2D eigenvalue weighted by atomic mass is 10.0. The molecule has 3 heteroatoms. The molecule has 1 fully saturated rings. The van der Waals surface area contributed by atoms with Gasteiger partial charge in [0.25, 0.3) is 0 Å². The zero-order chi connectivity index (χ0) is 13.7. The van der Waals surface area contributed by atoms with Crippen LogP contribution in [0.3, 0.4) is 0 Å². The van der Waals surface area contributed by atoms with Gasteiger partial charge in [-0.25, -0.2) is 4.39 Å². The van der Waals surface area contributed by atoms with Gasteiger partial charge >= 0.3 is 0 Å². The van der Waals surface area contributed by atoms with Crippen LogP contribution in [0.5, 0.6) is 0 Å². The second-order valence-electron chi connectivity index (χ2n) is 5.23. The summed E-state index contributed by atoms with van der Waals surface area (Å²) in [5, 5.41) is 3.36. The van der Waals surface area contributed by atoms with Crippen molar-refractivity contribution < 1.29 is 4.39 Å². The first kappa shape index (κ1) is 14.2. The summed E-state index contributed by atoms with van der Waals surface area (Å²) in [5.41, 5.74) is 3.07. The Bertz CT molecular complexity index is 448. The van der Waals surface area contributed by atoms with E-state index in [0.29, 0.717) is 5.56 Å². The number of allylic oxidation sites excluding steroid dienone is 1. The Labute approximate surface area is 115 Å². The first-order valence-corrected chi connectivity index (χ1v) is 7.03. The summed E-state index contributed by atoms with van der Waals surface area (Å²) in [7, 11) is 0. The molecule has 0 saturated carbocycles. The summed E-state index contributed by atoms with van der Waals surface area (Å²) in [6, 6.07) is 5.34. The predicted molar refractivity (Wildman–Crippen MR) is 78.7 cm³/mol. The van der Waals surface area contributed by atoms with Crippen molar-refractivity contribution in [2.75, 3.05) is 32.7 Å². The third-order valence-corrected chi connectivity index (χ3v) is 3.72. The molecule has 0 aliphatic carbocycles. The maximum Gasteiger partial charge on any atom is 0.126 e. The van der Waals surface area contributed by atoms with Gasteiger partial charge in [-0.15, -0.1) is 0 Å². The fourth-order valence-electron chi connectivity index (χ4n) is 2.41. The number of nitrogens with zero attached hydrogens (tertiary/aromatic N) is 1. The van der Waals surface area contributed by atoms with Gasteiger partial charge in [0.05, 0.1) is 0 Å². The van der Waals surface area contributed by atoms with Crippen LogP contribution in [-0.2, 0) is 0 Å². The van der Waals surface area contributed by atoms with E-state index in [1.165, 1.54) is 5.57 Å². The Hall–Kier alpha value is -1.19. The zero-order valence-electron chi connectivity index (χ0n) is 11.9. The van der Waals surface area contributed by atoms with Crippen molar-refractivity contribution in [3.8, 4) is 0 Å². The molecule has 0 spiro atoms. The van der Waals surface area contributed by atoms with Gasteiger partial charge in [0.15, 0.2) is 0 Å². The number of halogens is 1. The number of rotatable bonds is 4. The molecule has 0 atom stereocenters. The molecule has 0 unspecified atom stereocenters. The number of nitrogens with one attached hydrogen (secondary N) is 1. The van der Waals surface area contributed by atoms with Crippen molar-refractivity contribution in [1.82, 2.24) is 10.2 Å². The molecule has 1 aliphatic rings. The monoisotopic (exact) mass is 262 g/mol. The summed E-state index contributed by atoms with van der Waals surface area (Å²) >= 11 is 0. The standard InChI is InChI=1S/C16H23FN2/c1-13(15-5-6-16(17)14(2)12-15)4-3-9-19-10-7-18-8-11-19/h4-6,12,18H,3,7-11H2,1-2H3/b13-4+. The zero-order valence-corrected chi connectivity index (χ0v) is 11.9. The maximum absolute atomic E-state index is 13.2. The maximum atomic E-state index is 13.2. The number of benzene rings is 1. The van der Waals surface area contributed by atoms with Crippen molar-refractivity contribution in [2.24, 2.45) is 0 Å². The van der Waals surface area contributed by atoms with Crippen molar-refractivity contribution in [2.45, 2.75) is 20.3 Å². The minimum Gasteiger partial charge on any atom is -0.314 e. The van der Waals surface area contributed by atoms with Crippen LogP contribution >= 0.6 is 0 Å². The van der Waals surface area contributed by atoms with Gasteiger partial charge < -0.3 is 10.2 Å². The smallest absolute Gasteiger partial charge is 0.126 e. The molecular formula is C16H23FN2. The number of hydrogen-bond donors (Lipinski definition) is 1. The molecule has 1 aromatic carbocycles. The van der Waals surface area contributed by atoms with Crippen molar-refractivity contribution in [3.63, 3.8) is 0 Å². The van der Waals surface area contributed by atoms with E-state index in [9.17, 15) is 4.39 Å². The van der Waals surface area contributed by atoms with E-state index >= 15 is 0 Å². The summed E-state index contributed by atoms with van der Waals surface area (Å²) in [6.07, 6.45) is 3.32. The lowest BCUT2D eigenvalue weighted by Crippen LogP contribution is -2.43. The number of piperazine rings is 1. The average molecular weight is 262 g/mol. The van der Waals surface area contributed by atoms with Crippen molar-refractivity contribution in [3.05, 3.63) is 41.2 Å². The molecule has 0 amide bonds. The summed E-state index contributed by atoms with van der Waals surface area (Å²) in [4.78, 5) is 2.48. The molecular weight excluding hydrogens is 239 g/mol. The van der Waals surface area contributed by atoms with Crippen molar-refractivity contribution in [1.29, 1.82) is 0 Å². The van der Waals surface area contributed by atoms with Crippen LogP contribution in [0.2, 0.25) is 0 Å². The number of aryl methyl sites for hydroxylation is 1. The van der Waals surface area contributed by atoms with Gasteiger partial charge in [-0.3, -0.25) is 0 Å². The fraction of sp³-hybridized carbons (Fsp3) is 0.500. The Morgan fingerprint density at radius 1 is 1.37 bits per heavy atom. The van der Waals surface area contributed by atoms with E-state index in [4.69, 9.17) is 0 Å². The van der Waals surface area contributed by atoms with Crippen LogP contribution < -0.4 is 5.32 Å². The van der Waals surface area contributed by atoms with E-state index in [1.54, 1.807) is 6.07 Å². The quantitative estimate of drug-likeness (QED) is 0.897. The van der Waals surface area contributed by atoms with Gasteiger partial charge in [0.2, 0.25) is 0 Å². The molecule has 104 valence electrons. The highest BCUT2D eigenvalue weighted by Gasteiger charge is 2.07. The molecule has 1 heterocycles. The molecule has 1 saturated heterocycles. The fourth-order valence-corrected chi connectivity index (χ4v) is 2.41. The molecule has 0 aromatic heterocycles. The minimum absolute atomic E-state index is 0.127. The highest BCUT2D eigenvalue weighted by Crippen LogP contribution is 2.17. The lowest BCUT2D eigenvalue weighted by molar-refractivity contribution is 0.245. The predicted octanol–water partition coefficient (Wildman–Crippen LogP) is 2.83. The third kappa shape index (κ3) is 4.15. The van der Waals surface area contributed by atoms with Gasteiger partial charge in [-0.2, -0.15) is 0 Å². The first-order valence-electron chi connectivity index (χ1n) is 7.03.